The highest BCUT2D eigenvalue weighted by molar-refractivity contribution is 9.10. The van der Waals surface area contributed by atoms with Crippen molar-refractivity contribution >= 4 is 128 Å². The van der Waals surface area contributed by atoms with Crippen LogP contribution in [-0.4, -0.2) is 119 Å². The van der Waals surface area contributed by atoms with Crippen LogP contribution in [0.25, 0.3) is 44.9 Å². The van der Waals surface area contributed by atoms with Crippen LogP contribution in [0.15, 0.2) is 161 Å². The maximum Gasteiger partial charge on any atom is 0.498 e. The first-order valence-corrected chi connectivity index (χ1v) is 36.4. The molecule has 1 saturated heterocycles. The van der Waals surface area contributed by atoms with Crippen molar-refractivity contribution in [2.75, 3.05) is 15.1 Å². The molecule has 25 nitrogen and oxygen atoms in total. The fourth-order valence-corrected chi connectivity index (χ4v) is 14.2. The smallest absolute Gasteiger partial charge is 0.483 e. The lowest BCUT2D eigenvalue weighted by Gasteiger charge is -2.32. The van der Waals surface area contributed by atoms with E-state index in [1.807, 2.05) is 162 Å². The van der Waals surface area contributed by atoms with E-state index in [-0.39, 0.29) is 42.9 Å². The van der Waals surface area contributed by atoms with Gasteiger partial charge in [0.25, 0.3) is 6.47 Å². The lowest BCUT2D eigenvalue weighted by Crippen LogP contribution is -2.41. The molecule has 0 aliphatic carbocycles. The van der Waals surface area contributed by atoms with Crippen LogP contribution in [0.4, 0.5) is 17.1 Å². The van der Waals surface area contributed by atoms with Crippen LogP contribution < -0.4 is 20.6 Å². The van der Waals surface area contributed by atoms with Crippen LogP contribution in [0.5, 0.6) is 0 Å². The maximum atomic E-state index is 12.3. The van der Waals surface area contributed by atoms with Gasteiger partial charge in [-0.1, -0.05) is 125 Å². The highest BCUT2D eigenvalue weighted by Gasteiger charge is 2.52. The standard InChI is InChI=1S/C23H21ClN6O.C19H16BrClN4O.C18H16BrClN4.C10H17BN2O2.C4H6O3.CH2O2/c1-15-23-20-7-6-16(17-12-25-28(2)13-17)10-21(20)22(8-9-30(23)27-26-15)29(14-31)19-5-3-4-18(24)11-19;1-12-19-16-6-5-13(20)9-17(16)18(7-8-25(19)23-22-12)24(11-26)15-4-2-3-14(21)10-15;1-11-18-15-6-5-12(19)9-16(15)17(7-8-24(18)23-22-11)21-14-4-2-3-13(20)10-14;1-9(2)10(3,4)15-11(14-9)8-6-12-13(5)7-8;1-3(5)7-4(2)6;2-1-3/h3-7,10-14,22H,8-9H2,1-2H3;2-6,9-11,18H,7-8H2,1H3;2-6,9-10,17,21H,7-8H2,1H3;6-7H,1-5H3;1-2H3;1H,(H,2,3). The van der Waals surface area contributed by atoms with E-state index in [2.05, 4.69) is 132 Å². The van der Waals surface area contributed by atoms with Crippen molar-refractivity contribution in [2.45, 2.75) is 131 Å². The summed E-state index contributed by atoms with van der Waals surface area (Å²) in [5.74, 6) is -1.12. The number of aromatic nitrogens is 13. The molecule has 3 atom stereocenters. The molecule has 31 heteroatoms. The molecule has 2 N–H and O–H groups in total. The zero-order chi connectivity index (χ0) is 76.3. The summed E-state index contributed by atoms with van der Waals surface area (Å²) in [6, 6.07) is 41.3. The van der Waals surface area contributed by atoms with Gasteiger partial charge in [0.15, 0.2) is 0 Å². The minimum absolute atomic E-state index is 0.125. The van der Waals surface area contributed by atoms with Gasteiger partial charge >= 0.3 is 19.1 Å². The van der Waals surface area contributed by atoms with E-state index in [1.165, 1.54) is 25.0 Å². The molecular formula is C75H78BBr2Cl3N16O9. The number of benzene rings is 6. The molecule has 0 spiro atoms. The Morgan fingerprint density at radius 1 is 0.575 bits per heavy atom. The Morgan fingerprint density at radius 2 is 1.00 bits per heavy atom. The number of carbonyl (C=O) groups excluding carboxylic acids is 4. The number of esters is 2. The van der Waals surface area contributed by atoms with Gasteiger partial charge in [-0.05, 0) is 175 Å². The van der Waals surface area contributed by atoms with Crippen molar-refractivity contribution in [3.63, 3.8) is 0 Å². The van der Waals surface area contributed by atoms with Crippen LogP contribution in [0.1, 0.15) is 113 Å². The normalized spacial score (nSPS) is 15.9. The zero-order valence-electron chi connectivity index (χ0n) is 60.0. The molecule has 11 aromatic rings. The minimum Gasteiger partial charge on any atom is -0.483 e. The number of aryl methyl sites for hydroxylation is 8. The highest BCUT2D eigenvalue weighted by Crippen LogP contribution is 2.45. The molecule has 2 amide bonds. The Hall–Kier alpha value is -9.68. The van der Waals surface area contributed by atoms with Crippen LogP contribution in [0.2, 0.25) is 15.1 Å². The SMILES string of the molecule is CC(=O)OC(C)=O.Cc1nnn2c1-c1ccc(-c3cnn(C)c3)cc1C(N(C=O)c1cccc(Cl)c1)CC2.Cc1nnn2c1-c1ccc(Br)cc1C(N(C=O)c1cccc(Cl)c1)CC2.Cc1nnn2c1-c1ccc(Br)cc1C(Nc1cccc(Cl)c1)CC2.Cn1cc(B2OC(C)(C)C(C)(C)O2)cn1.O=CO. The van der Waals surface area contributed by atoms with Gasteiger partial charge in [0.2, 0.25) is 12.8 Å². The van der Waals surface area contributed by atoms with Crippen molar-refractivity contribution in [2.24, 2.45) is 14.1 Å². The van der Waals surface area contributed by atoms with Crippen LogP contribution in [0, 0.1) is 20.8 Å². The monoisotopic (exact) mass is 1620 g/mol. The summed E-state index contributed by atoms with van der Waals surface area (Å²) in [6.07, 6.45) is 11.6. The summed E-state index contributed by atoms with van der Waals surface area (Å²) < 4.78 is 27.2. The quantitative estimate of drug-likeness (QED) is 0.0557. The Morgan fingerprint density at radius 3 is 1.42 bits per heavy atom. The molecule has 0 saturated carbocycles. The molecule has 4 aliphatic heterocycles. The van der Waals surface area contributed by atoms with Crippen molar-refractivity contribution in [1.29, 1.82) is 0 Å². The molecule has 550 valence electrons. The Balaban J connectivity index is 0.000000148. The first kappa shape index (κ1) is 78.9. The van der Waals surface area contributed by atoms with Gasteiger partial charge in [0.1, 0.15) is 0 Å². The number of carbonyl (C=O) groups is 5. The fourth-order valence-electron chi connectivity index (χ4n) is 12.9. The predicted molar refractivity (Wildman–Crippen MR) is 415 cm³/mol. The number of fused-ring (bicyclic) bond motifs is 9. The van der Waals surface area contributed by atoms with Crippen molar-refractivity contribution in [3.8, 4) is 44.9 Å². The van der Waals surface area contributed by atoms with Crippen LogP contribution in [0.3, 0.4) is 0 Å². The van der Waals surface area contributed by atoms with Gasteiger partial charge in [-0.25, -0.2) is 14.0 Å². The molecule has 4 aliphatic rings. The van der Waals surface area contributed by atoms with Gasteiger partial charge in [-0.3, -0.25) is 33.3 Å². The Bertz CT molecular complexity index is 4960. The number of hydrogen-bond acceptors (Lipinski definition) is 17. The largest absolute Gasteiger partial charge is 0.498 e. The average Bonchev–Trinajstić information content (AvgIpc) is 1.63. The number of halogens is 5. The van der Waals surface area contributed by atoms with Crippen LogP contribution in [-0.2, 0) is 71.7 Å². The van der Waals surface area contributed by atoms with E-state index in [0.29, 0.717) is 29.6 Å². The van der Waals surface area contributed by atoms with E-state index >= 15 is 0 Å². The number of hydrogen-bond donors (Lipinski definition) is 2. The molecule has 6 aromatic carbocycles. The Kier molecular flexibility index (Phi) is 25.8. The van der Waals surface area contributed by atoms with Gasteiger partial charge in [-0.2, -0.15) is 10.2 Å². The Labute approximate surface area is 645 Å². The van der Waals surface area contributed by atoms with Crippen molar-refractivity contribution in [3.05, 3.63) is 210 Å². The molecule has 106 heavy (non-hydrogen) atoms. The lowest BCUT2D eigenvalue weighted by molar-refractivity contribution is -0.156. The van der Waals surface area contributed by atoms with Gasteiger partial charge in [0, 0.05) is 135 Å². The number of carboxylic acid groups (broad SMARTS) is 1. The second kappa shape index (κ2) is 34.7. The predicted octanol–water partition coefficient (Wildman–Crippen LogP) is 14.9. The summed E-state index contributed by atoms with van der Waals surface area (Å²) in [4.78, 5) is 55.8. The van der Waals surface area contributed by atoms with Gasteiger partial charge < -0.3 is 34.3 Å². The van der Waals surface area contributed by atoms with Crippen molar-refractivity contribution < 1.29 is 43.1 Å². The second-order valence-electron chi connectivity index (χ2n) is 26.2. The van der Waals surface area contributed by atoms with Gasteiger partial charge in [-0.15, -0.1) is 15.3 Å². The number of amides is 2. The number of nitrogens with zero attached hydrogens (tertiary/aromatic N) is 15. The second-order valence-corrected chi connectivity index (χ2v) is 29.4. The molecular weight excluding hydrogens is 1550 g/mol. The summed E-state index contributed by atoms with van der Waals surface area (Å²) in [7, 11) is 3.48. The number of ether oxygens (including phenoxy) is 1. The molecule has 5 aromatic heterocycles. The molecule has 3 unspecified atom stereocenters. The first-order valence-electron chi connectivity index (χ1n) is 33.7. The third-order valence-corrected chi connectivity index (χ3v) is 20.1. The molecule has 0 bridgehead atoms. The average molecular weight is 1620 g/mol. The van der Waals surface area contributed by atoms with Gasteiger partial charge in [0.05, 0.1) is 69.7 Å². The highest BCUT2D eigenvalue weighted by atomic mass is 79.9. The van der Waals surface area contributed by atoms with E-state index in [1.54, 1.807) is 37.5 Å². The zero-order valence-corrected chi connectivity index (χ0v) is 65.5. The molecule has 0 radical (unpaired) electrons. The minimum atomic E-state index is -0.562. The third kappa shape index (κ3) is 18.6. The van der Waals surface area contributed by atoms with E-state index in [0.717, 1.165) is 136 Å². The molecule has 1 fully saturated rings. The summed E-state index contributed by atoms with van der Waals surface area (Å²) in [5.41, 5.74) is 17.5. The van der Waals surface area contributed by atoms with Crippen LogP contribution >= 0.6 is 66.7 Å². The first-order chi connectivity index (χ1) is 50.6. The number of anilines is 3. The topological polar surface area (TPSA) is 280 Å². The third-order valence-electron chi connectivity index (χ3n) is 18.4. The number of nitrogens with one attached hydrogen (secondary N) is 1. The van der Waals surface area contributed by atoms with E-state index in [9.17, 15) is 19.2 Å². The molecule has 9 heterocycles. The summed E-state index contributed by atoms with van der Waals surface area (Å²) in [5, 5.41) is 46.5. The lowest BCUT2D eigenvalue weighted by atomic mass is 9.82. The summed E-state index contributed by atoms with van der Waals surface area (Å²) >= 11 is 25.7. The maximum absolute atomic E-state index is 12.3. The fraction of sp³-hybridized carbons (Fsp3) is 0.293. The number of rotatable bonds is 10. The van der Waals surface area contributed by atoms with E-state index < -0.39 is 11.9 Å². The van der Waals surface area contributed by atoms with Crippen molar-refractivity contribution in [1.82, 2.24) is 64.5 Å². The van der Waals surface area contributed by atoms with E-state index in [4.69, 9.17) is 54.0 Å². The summed E-state index contributed by atoms with van der Waals surface area (Å²) in [6.45, 7) is 18.4. The molecule has 15 rings (SSSR count).